The third-order valence-corrected chi connectivity index (χ3v) is 4.03. The van der Waals surface area contributed by atoms with Crippen molar-refractivity contribution in [2.24, 2.45) is 0 Å². The van der Waals surface area contributed by atoms with E-state index >= 15 is 0 Å². The molecule has 0 radical (unpaired) electrons. The fraction of sp³-hybridized carbons (Fsp3) is 0.786. The van der Waals surface area contributed by atoms with Gasteiger partial charge >= 0.3 is 0 Å². The summed E-state index contributed by atoms with van der Waals surface area (Å²) in [5.41, 5.74) is 1.47. The molecule has 1 aromatic heterocycles. The van der Waals surface area contributed by atoms with Crippen LogP contribution in [0.25, 0.3) is 0 Å². The fourth-order valence-electron chi connectivity index (χ4n) is 2.70. The molecule has 102 valence electrons. The van der Waals surface area contributed by atoms with Gasteiger partial charge in [0.1, 0.15) is 0 Å². The zero-order chi connectivity index (χ0) is 13.2. The van der Waals surface area contributed by atoms with E-state index in [-0.39, 0.29) is 5.41 Å². The van der Waals surface area contributed by atoms with Gasteiger partial charge in [-0.25, -0.2) is 0 Å². The standard InChI is InChI=1S/C14H25N3S/c1-14(2,3)12-11-15-13(18)17(12)10-6-9-16-7-4-5-8-16/h11H,4-10H2,1-3H3,(H,15,18). The predicted molar refractivity (Wildman–Crippen MR) is 78.6 cm³/mol. The fourth-order valence-corrected chi connectivity index (χ4v) is 2.95. The molecule has 4 heteroatoms. The molecule has 2 rings (SSSR count). The monoisotopic (exact) mass is 267 g/mol. The second-order valence-corrected chi connectivity index (χ2v) is 6.67. The van der Waals surface area contributed by atoms with Crippen LogP contribution in [-0.4, -0.2) is 34.1 Å². The highest BCUT2D eigenvalue weighted by Crippen LogP contribution is 2.22. The number of nitrogens with zero attached hydrogens (tertiary/aromatic N) is 2. The minimum atomic E-state index is 0.154. The number of imidazole rings is 1. The summed E-state index contributed by atoms with van der Waals surface area (Å²) in [6, 6.07) is 0. The van der Waals surface area contributed by atoms with Crippen molar-refractivity contribution in [1.82, 2.24) is 14.5 Å². The predicted octanol–water partition coefficient (Wildman–Crippen LogP) is 3.33. The Balaban J connectivity index is 1.96. The second-order valence-electron chi connectivity index (χ2n) is 6.28. The molecule has 1 aliphatic rings. The van der Waals surface area contributed by atoms with E-state index in [1.54, 1.807) is 0 Å². The van der Waals surface area contributed by atoms with Gasteiger partial charge in [0.2, 0.25) is 0 Å². The van der Waals surface area contributed by atoms with Crippen molar-refractivity contribution < 1.29 is 0 Å². The zero-order valence-corrected chi connectivity index (χ0v) is 12.6. The summed E-state index contributed by atoms with van der Waals surface area (Å²) < 4.78 is 3.13. The molecule has 18 heavy (non-hydrogen) atoms. The van der Waals surface area contributed by atoms with Gasteiger partial charge in [0.15, 0.2) is 4.77 Å². The van der Waals surface area contributed by atoms with Crippen molar-refractivity contribution in [3.63, 3.8) is 0 Å². The quantitative estimate of drug-likeness (QED) is 0.846. The van der Waals surface area contributed by atoms with Crippen molar-refractivity contribution in [2.75, 3.05) is 19.6 Å². The molecule has 0 spiro atoms. The number of likely N-dealkylation sites (tertiary alicyclic amines) is 1. The highest BCUT2D eigenvalue weighted by atomic mass is 32.1. The maximum atomic E-state index is 5.38. The topological polar surface area (TPSA) is 24.0 Å². The van der Waals surface area contributed by atoms with Gasteiger partial charge in [-0.15, -0.1) is 0 Å². The first-order chi connectivity index (χ1) is 8.48. The number of aromatic amines is 1. The van der Waals surface area contributed by atoms with Crippen molar-refractivity contribution in [3.8, 4) is 0 Å². The van der Waals surface area contributed by atoms with Gasteiger partial charge in [-0.1, -0.05) is 20.8 Å². The smallest absolute Gasteiger partial charge is 0.177 e. The number of hydrogen-bond donors (Lipinski definition) is 1. The zero-order valence-electron chi connectivity index (χ0n) is 11.8. The molecule has 0 amide bonds. The Morgan fingerprint density at radius 1 is 1.22 bits per heavy atom. The van der Waals surface area contributed by atoms with Crippen LogP contribution >= 0.6 is 12.2 Å². The molecule has 2 heterocycles. The maximum Gasteiger partial charge on any atom is 0.177 e. The summed E-state index contributed by atoms with van der Waals surface area (Å²) in [6.45, 7) is 11.5. The number of hydrogen-bond acceptors (Lipinski definition) is 2. The van der Waals surface area contributed by atoms with Gasteiger partial charge in [-0.3, -0.25) is 0 Å². The van der Waals surface area contributed by atoms with Crippen LogP contribution in [0.3, 0.4) is 0 Å². The van der Waals surface area contributed by atoms with Gasteiger partial charge in [-0.2, -0.15) is 0 Å². The minimum Gasteiger partial charge on any atom is -0.337 e. The maximum absolute atomic E-state index is 5.38. The van der Waals surface area contributed by atoms with Crippen LogP contribution in [0, 0.1) is 4.77 Å². The molecule has 1 fully saturated rings. The van der Waals surface area contributed by atoms with Crippen LogP contribution in [0.1, 0.15) is 45.7 Å². The lowest BCUT2D eigenvalue weighted by molar-refractivity contribution is 0.322. The van der Waals surface area contributed by atoms with Crippen molar-refractivity contribution in [2.45, 2.75) is 52.0 Å². The summed E-state index contributed by atoms with van der Waals surface area (Å²) in [5.74, 6) is 0. The van der Waals surface area contributed by atoms with Crippen LogP contribution in [0.2, 0.25) is 0 Å². The van der Waals surface area contributed by atoms with Crippen LogP contribution in [-0.2, 0) is 12.0 Å². The van der Waals surface area contributed by atoms with Crippen LogP contribution in [0.5, 0.6) is 0 Å². The Kier molecular flexibility index (Phi) is 4.28. The Bertz CT molecular complexity index is 433. The van der Waals surface area contributed by atoms with Gasteiger partial charge < -0.3 is 14.5 Å². The Morgan fingerprint density at radius 3 is 2.50 bits per heavy atom. The van der Waals surface area contributed by atoms with Crippen molar-refractivity contribution in [1.29, 1.82) is 0 Å². The largest absolute Gasteiger partial charge is 0.337 e. The van der Waals surface area contributed by atoms with E-state index in [4.69, 9.17) is 12.2 Å². The number of H-pyrrole nitrogens is 1. The molecule has 0 aliphatic carbocycles. The van der Waals surface area contributed by atoms with Gasteiger partial charge in [0.05, 0.1) is 0 Å². The number of rotatable bonds is 4. The third kappa shape index (κ3) is 3.23. The average Bonchev–Trinajstić information content (AvgIpc) is 2.88. The lowest BCUT2D eigenvalue weighted by Crippen LogP contribution is -2.23. The van der Waals surface area contributed by atoms with E-state index in [0.717, 1.165) is 11.3 Å². The Morgan fingerprint density at radius 2 is 1.89 bits per heavy atom. The summed E-state index contributed by atoms with van der Waals surface area (Å²) in [4.78, 5) is 5.75. The minimum absolute atomic E-state index is 0.154. The molecule has 1 saturated heterocycles. The molecular weight excluding hydrogens is 242 g/mol. The van der Waals surface area contributed by atoms with E-state index < -0.39 is 0 Å². The van der Waals surface area contributed by atoms with Crippen LogP contribution in [0.4, 0.5) is 0 Å². The van der Waals surface area contributed by atoms with Gasteiger partial charge in [0.25, 0.3) is 0 Å². The van der Waals surface area contributed by atoms with E-state index in [1.807, 2.05) is 0 Å². The van der Waals surface area contributed by atoms with E-state index in [1.165, 1.54) is 44.6 Å². The summed E-state index contributed by atoms with van der Waals surface area (Å²) in [5, 5.41) is 0. The molecule has 0 atom stereocenters. The first-order valence-corrected chi connectivity index (χ1v) is 7.40. The van der Waals surface area contributed by atoms with Crippen molar-refractivity contribution >= 4 is 12.2 Å². The summed E-state index contributed by atoms with van der Waals surface area (Å²) >= 11 is 5.38. The van der Waals surface area contributed by atoms with Crippen LogP contribution in [0.15, 0.2) is 6.20 Å². The highest BCUT2D eigenvalue weighted by Gasteiger charge is 2.19. The van der Waals surface area contributed by atoms with Crippen molar-refractivity contribution in [3.05, 3.63) is 16.7 Å². The van der Waals surface area contributed by atoms with Gasteiger partial charge in [-0.05, 0) is 51.1 Å². The number of nitrogens with one attached hydrogen (secondary N) is 1. The Labute approximate surface area is 115 Å². The van der Waals surface area contributed by atoms with E-state index in [2.05, 4.69) is 41.4 Å². The molecule has 1 aromatic rings. The third-order valence-electron chi connectivity index (χ3n) is 3.69. The number of aromatic nitrogens is 2. The lowest BCUT2D eigenvalue weighted by Gasteiger charge is -2.21. The molecule has 3 nitrogen and oxygen atoms in total. The van der Waals surface area contributed by atoms with Crippen LogP contribution < -0.4 is 0 Å². The SMILES string of the molecule is CC(C)(C)c1c[nH]c(=S)n1CCCN1CCCC1. The molecule has 1 N–H and O–H groups in total. The highest BCUT2D eigenvalue weighted by molar-refractivity contribution is 7.71. The van der Waals surface area contributed by atoms with E-state index in [9.17, 15) is 0 Å². The summed E-state index contributed by atoms with van der Waals surface area (Å²) in [7, 11) is 0. The van der Waals surface area contributed by atoms with E-state index in [0.29, 0.717) is 0 Å². The van der Waals surface area contributed by atoms with Gasteiger partial charge in [0, 0.05) is 23.9 Å². The average molecular weight is 267 g/mol. The normalized spacial score (nSPS) is 17.5. The second kappa shape index (κ2) is 5.57. The molecule has 0 saturated carbocycles. The lowest BCUT2D eigenvalue weighted by atomic mass is 9.92. The molecular formula is C14H25N3S. The molecule has 0 unspecified atom stereocenters. The summed E-state index contributed by atoms with van der Waals surface area (Å²) in [6.07, 6.45) is 6.00. The molecule has 0 aromatic carbocycles. The first kappa shape index (κ1) is 13.8. The molecule has 1 aliphatic heterocycles. The Hall–Kier alpha value is -0.610. The first-order valence-electron chi connectivity index (χ1n) is 6.99. The molecule has 0 bridgehead atoms.